The van der Waals surface area contributed by atoms with Crippen molar-refractivity contribution in [2.45, 2.75) is 30.7 Å². The minimum atomic E-state index is 0.339. The number of fused-ring (bicyclic) bond motifs is 1. The molecule has 3 saturated carbocycles. The number of halogens is 1. The monoisotopic (exact) mass is 251 g/mol. The van der Waals surface area contributed by atoms with Crippen molar-refractivity contribution in [3.8, 4) is 0 Å². The second kappa shape index (κ2) is 2.83. The first-order valence-electron chi connectivity index (χ1n) is 5.24. The van der Waals surface area contributed by atoms with Crippen LogP contribution in [-0.2, 0) is 5.41 Å². The van der Waals surface area contributed by atoms with Crippen molar-refractivity contribution in [2.24, 2.45) is 11.7 Å². The van der Waals surface area contributed by atoms with Gasteiger partial charge < -0.3 is 5.73 Å². The Morgan fingerprint density at radius 1 is 1.29 bits per heavy atom. The molecule has 4 rings (SSSR count). The highest BCUT2D eigenvalue weighted by Gasteiger charge is 2.57. The maximum absolute atomic E-state index is 6.22. The molecular weight excluding hydrogens is 238 g/mol. The average Bonchev–Trinajstić information content (AvgIpc) is 2.76. The topological polar surface area (TPSA) is 26.0 Å². The second-order valence-corrected chi connectivity index (χ2v) is 5.61. The van der Waals surface area contributed by atoms with Gasteiger partial charge in [0.25, 0.3) is 0 Å². The number of nitrogens with two attached hydrogens (primary N) is 1. The fourth-order valence-electron chi connectivity index (χ4n) is 3.25. The minimum Gasteiger partial charge on any atom is -0.327 e. The maximum Gasteiger partial charge on any atom is 0.0175 e. The van der Waals surface area contributed by atoms with Gasteiger partial charge in [0.2, 0.25) is 0 Å². The molecule has 0 amide bonds. The zero-order valence-electron chi connectivity index (χ0n) is 8.04. The van der Waals surface area contributed by atoms with E-state index in [-0.39, 0.29) is 0 Å². The zero-order valence-corrected chi connectivity index (χ0v) is 9.63. The average molecular weight is 252 g/mol. The fraction of sp³-hybridized carbons (Fsp3) is 0.500. The first-order chi connectivity index (χ1) is 6.72. The van der Waals surface area contributed by atoms with E-state index in [0.29, 0.717) is 11.5 Å². The van der Waals surface area contributed by atoms with E-state index in [4.69, 9.17) is 5.73 Å². The third-order valence-electron chi connectivity index (χ3n) is 4.15. The van der Waals surface area contributed by atoms with E-state index in [1.807, 2.05) is 0 Å². The molecule has 3 unspecified atom stereocenters. The molecule has 2 bridgehead atoms. The van der Waals surface area contributed by atoms with Crippen LogP contribution < -0.4 is 5.73 Å². The molecule has 0 aliphatic heterocycles. The summed E-state index contributed by atoms with van der Waals surface area (Å²) in [4.78, 5) is 0. The van der Waals surface area contributed by atoms with Crippen LogP contribution in [0.4, 0.5) is 0 Å². The van der Waals surface area contributed by atoms with E-state index in [0.717, 1.165) is 10.4 Å². The molecule has 0 spiro atoms. The second-order valence-electron chi connectivity index (χ2n) is 4.69. The van der Waals surface area contributed by atoms with Crippen LogP contribution >= 0.6 is 15.9 Å². The minimum absolute atomic E-state index is 0.339. The lowest BCUT2D eigenvalue weighted by Crippen LogP contribution is -2.54. The van der Waals surface area contributed by atoms with Gasteiger partial charge in [0.15, 0.2) is 0 Å². The van der Waals surface area contributed by atoms with Gasteiger partial charge in [-0.2, -0.15) is 0 Å². The Morgan fingerprint density at radius 3 is 2.50 bits per heavy atom. The Hall–Kier alpha value is -0.340. The zero-order chi connectivity index (χ0) is 9.76. The third kappa shape index (κ3) is 0.986. The molecule has 74 valence electrons. The highest BCUT2D eigenvalue weighted by molar-refractivity contribution is 9.10. The van der Waals surface area contributed by atoms with Gasteiger partial charge in [-0.15, -0.1) is 0 Å². The van der Waals surface area contributed by atoms with Crippen LogP contribution in [0.3, 0.4) is 0 Å². The number of benzene rings is 1. The molecule has 0 heterocycles. The number of hydrogen-bond donors (Lipinski definition) is 1. The summed E-state index contributed by atoms with van der Waals surface area (Å²) >= 11 is 3.47. The van der Waals surface area contributed by atoms with Crippen LogP contribution in [0.5, 0.6) is 0 Å². The summed E-state index contributed by atoms with van der Waals surface area (Å²) in [6.07, 6.45) is 3.94. The molecule has 3 fully saturated rings. The molecule has 3 aliphatic rings. The molecule has 2 N–H and O–H groups in total. The van der Waals surface area contributed by atoms with Crippen LogP contribution in [0.15, 0.2) is 28.7 Å². The summed E-state index contributed by atoms with van der Waals surface area (Å²) in [5.41, 5.74) is 8.01. The predicted molar refractivity (Wildman–Crippen MR) is 61.1 cm³/mol. The summed E-state index contributed by atoms with van der Waals surface area (Å²) in [6, 6.07) is 9.13. The summed E-state index contributed by atoms with van der Waals surface area (Å²) < 4.78 is 1.15. The Kier molecular flexibility index (Phi) is 1.80. The lowest BCUT2D eigenvalue weighted by Gasteiger charge is -2.46. The summed E-state index contributed by atoms with van der Waals surface area (Å²) in [7, 11) is 0. The van der Waals surface area contributed by atoms with Crippen molar-refractivity contribution in [3.05, 3.63) is 34.3 Å². The molecule has 0 radical (unpaired) electrons. The van der Waals surface area contributed by atoms with Gasteiger partial charge in [0, 0.05) is 15.9 Å². The SMILES string of the molecule is NC1C2CCC1(c1ccc(Br)cc1)C2. The normalized spacial score (nSPS) is 39.6. The van der Waals surface area contributed by atoms with Crippen LogP contribution in [0.1, 0.15) is 24.8 Å². The van der Waals surface area contributed by atoms with Crippen molar-refractivity contribution in [1.29, 1.82) is 0 Å². The first kappa shape index (κ1) is 8.93. The van der Waals surface area contributed by atoms with E-state index in [2.05, 4.69) is 40.2 Å². The van der Waals surface area contributed by atoms with Crippen molar-refractivity contribution in [3.63, 3.8) is 0 Å². The molecule has 1 nitrogen and oxygen atoms in total. The van der Waals surface area contributed by atoms with E-state index in [1.165, 1.54) is 24.8 Å². The van der Waals surface area contributed by atoms with Crippen LogP contribution in [0.25, 0.3) is 0 Å². The molecule has 0 aromatic heterocycles. The summed E-state index contributed by atoms with van der Waals surface area (Å²) in [6.45, 7) is 0. The van der Waals surface area contributed by atoms with Crippen LogP contribution in [0.2, 0.25) is 0 Å². The molecule has 14 heavy (non-hydrogen) atoms. The molecule has 1 aromatic carbocycles. The van der Waals surface area contributed by atoms with Gasteiger partial charge in [-0.3, -0.25) is 0 Å². The molecular formula is C12H14BrN. The smallest absolute Gasteiger partial charge is 0.0175 e. The quantitative estimate of drug-likeness (QED) is 0.817. The van der Waals surface area contributed by atoms with Gasteiger partial charge in [-0.25, -0.2) is 0 Å². The number of rotatable bonds is 1. The highest BCUT2D eigenvalue weighted by atomic mass is 79.9. The van der Waals surface area contributed by atoms with Gasteiger partial charge >= 0.3 is 0 Å². The van der Waals surface area contributed by atoms with Gasteiger partial charge in [0.1, 0.15) is 0 Å². The molecule has 1 aromatic rings. The van der Waals surface area contributed by atoms with Crippen LogP contribution in [0, 0.1) is 5.92 Å². The summed E-state index contributed by atoms with van der Waals surface area (Å²) in [5.74, 6) is 0.804. The van der Waals surface area contributed by atoms with Crippen molar-refractivity contribution < 1.29 is 0 Å². The van der Waals surface area contributed by atoms with Gasteiger partial charge in [0.05, 0.1) is 0 Å². The molecule has 3 aliphatic carbocycles. The standard InChI is InChI=1S/C12H14BrN/c13-10-3-1-9(2-4-10)12-6-5-8(7-12)11(12)14/h1-4,8,11H,5-7,14H2. The Bertz CT molecular complexity index is 355. The van der Waals surface area contributed by atoms with E-state index >= 15 is 0 Å². The first-order valence-corrected chi connectivity index (χ1v) is 6.03. The van der Waals surface area contributed by atoms with E-state index in [1.54, 1.807) is 0 Å². The van der Waals surface area contributed by atoms with Crippen molar-refractivity contribution in [2.75, 3.05) is 0 Å². The van der Waals surface area contributed by atoms with Gasteiger partial charge in [-0.1, -0.05) is 28.1 Å². The van der Waals surface area contributed by atoms with Crippen molar-refractivity contribution >= 4 is 15.9 Å². The van der Waals surface area contributed by atoms with Crippen molar-refractivity contribution in [1.82, 2.24) is 0 Å². The largest absolute Gasteiger partial charge is 0.327 e. The lowest BCUT2D eigenvalue weighted by molar-refractivity contribution is 0.189. The predicted octanol–water partition coefficient (Wildman–Crippen LogP) is 2.83. The Morgan fingerprint density at radius 2 is 2.00 bits per heavy atom. The van der Waals surface area contributed by atoms with Crippen LogP contribution in [-0.4, -0.2) is 6.04 Å². The maximum atomic E-state index is 6.22. The van der Waals surface area contributed by atoms with E-state index in [9.17, 15) is 0 Å². The van der Waals surface area contributed by atoms with Gasteiger partial charge in [-0.05, 0) is 42.9 Å². The molecule has 2 heteroatoms. The third-order valence-corrected chi connectivity index (χ3v) is 4.68. The molecule has 3 atom stereocenters. The van der Waals surface area contributed by atoms with E-state index < -0.39 is 0 Å². The molecule has 0 saturated heterocycles. The Balaban J connectivity index is 1.99. The Labute approximate surface area is 92.8 Å². The number of hydrogen-bond acceptors (Lipinski definition) is 1. The highest BCUT2D eigenvalue weighted by Crippen LogP contribution is 2.58. The fourth-order valence-corrected chi connectivity index (χ4v) is 3.52. The lowest BCUT2D eigenvalue weighted by atomic mass is 9.62. The summed E-state index contributed by atoms with van der Waals surface area (Å²) in [5, 5.41) is 0.